The normalized spacial score (nSPS) is 10.6. The molecule has 0 fully saturated rings. The van der Waals surface area contributed by atoms with Crippen LogP contribution in [0.25, 0.3) is 16.5 Å². The highest BCUT2D eigenvalue weighted by molar-refractivity contribution is 5.89. The molecule has 2 heterocycles. The first-order valence-corrected chi connectivity index (χ1v) is 5.83. The largest absolute Gasteiger partial charge is 0.476 e. The van der Waals surface area contributed by atoms with Gasteiger partial charge >= 0.3 is 5.97 Å². The van der Waals surface area contributed by atoms with Gasteiger partial charge in [-0.3, -0.25) is 9.78 Å². The number of pyridine rings is 1. The van der Waals surface area contributed by atoms with Crippen molar-refractivity contribution in [3.8, 4) is 5.69 Å². The maximum Gasteiger partial charge on any atom is 0.360 e. The predicted octanol–water partition coefficient (Wildman–Crippen LogP) is 1.48. The lowest BCUT2D eigenvalue weighted by Crippen LogP contribution is -2.20. The van der Waals surface area contributed by atoms with Crippen molar-refractivity contribution in [2.75, 3.05) is 0 Å². The molecule has 0 aliphatic rings. The molecule has 6 nitrogen and oxygen atoms in total. The number of hydrogen-bond donors (Lipinski definition) is 1. The third-order valence-corrected chi connectivity index (χ3v) is 2.92. The summed E-state index contributed by atoms with van der Waals surface area (Å²) < 4.78 is 1.37. The summed E-state index contributed by atoms with van der Waals surface area (Å²) in [4.78, 5) is 26.5. The van der Waals surface area contributed by atoms with Gasteiger partial charge in [-0.05, 0) is 17.5 Å². The van der Waals surface area contributed by atoms with E-state index in [9.17, 15) is 9.59 Å². The molecule has 2 aromatic heterocycles. The van der Waals surface area contributed by atoms with Crippen LogP contribution in [0, 0.1) is 0 Å². The molecule has 0 saturated carbocycles. The molecular formula is C14H9N3O3. The summed E-state index contributed by atoms with van der Waals surface area (Å²) in [7, 11) is 0. The second kappa shape index (κ2) is 4.58. The van der Waals surface area contributed by atoms with Crippen LogP contribution in [-0.2, 0) is 0 Å². The summed E-state index contributed by atoms with van der Waals surface area (Å²) in [6.45, 7) is 0. The fraction of sp³-hybridized carbons (Fsp3) is 0. The van der Waals surface area contributed by atoms with E-state index in [1.165, 1.54) is 16.9 Å². The van der Waals surface area contributed by atoms with Gasteiger partial charge in [0.05, 0.1) is 5.69 Å². The molecule has 98 valence electrons. The Morgan fingerprint density at radius 1 is 1.20 bits per heavy atom. The van der Waals surface area contributed by atoms with E-state index < -0.39 is 17.1 Å². The molecule has 0 bridgehead atoms. The molecule has 0 amide bonds. The van der Waals surface area contributed by atoms with Gasteiger partial charge in [0.25, 0.3) is 0 Å². The van der Waals surface area contributed by atoms with E-state index in [-0.39, 0.29) is 0 Å². The van der Waals surface area contributed by atoms with Gasteiger partial charge in [0.15, 0.2) is 0 Å². The van der Waals surface area contributed by atoms with Crippen LogP contribution in [-0.4, -0.2) is 25.8 Å². The lowest BCUT2D eigenvalue weighted by atomic mass is 10.1. The van der Waals surface area contributed by atoms with Crippen LogP contribution in [0.2, 0.25) is 0 Å². The van der Waals surface area contributed by atoms with E-state index in [1.807, 2.05) is 18.2 Å². The Hall–Kier alpha value is -3.02. The minimum Gasteiger partial charge on any atom is -0.476 e. The summed E-state index contributed by atoms with van der Waals surface area (Å²) in [6.07, 6.45) is 4.79. The van der Waals surface area contributed by atoms with Crippen LogP contribution in [0.15, 0.2) is 53.7 Å². The van der Waals surface area contributed by atoms with E-state index in [1.54, 1.807) is 18.5 Å². The van der Waals surface area contributed by atoms with E-state index >= 15 is 0 Å². The van der Waals surface area contributed by atoms with Crippen LogP contribution in [0.1, 0.15) is 10.5 Å². The molecule has 1 N–H and O–H groups in total. The number of carboxylic acid groups (broad SMARTS) is 1. The molecule has 3 rings (SSSR count). The standard InChI is InChI=1S/C14H9N3O3/c18-12-5-7-17(16-13(12)14(19)20)11-3-1-2-9-4-6-15-8-10(9)11/h1-8H,(H,19,20). The minimum atomic E-state index is -1.34. The van der Waals surface area contributed by atoms with Gasteiger partial charge < -0.3 is 5.11 Å². The number of aromatic nitrogens is 3. The molecule has 0 aliphatic carbocycles. The molecule has 0 spiro atoms. The highest BCUT2D eigenvalue weighted by Crippen LogP contribution is 2.19. The molecule has 0 saturated heterocycles. The zero-order chi connectivity index (χ0) is 14.1. The highest BCUT2D eigenvalue weighted by Gasteiger charge is 2.12. The number of fused-ring (bicyclic) bond motifs is 1. The number of carboxylic acids is 1. The smallest absolute Gasteiger partial charge is 0.360 e. The zero-order valence-corrected chi connectivity index (χ0v) is 10.2. The summed E-state index contributed by atoms with van der Waals surface area (Å²) in [5.41, 5.74) is -0.460. The van der Waals surface area contributed by atoms with Crippen molar-refractivity contribution in [1.29, 1.82) is 0 Å². The highest BCUT2D eigenvalue weighted by atomic mass is 16.4. The Bertz CT molecular complexity index is 865. The summed E-state index contributed by atoms with van der Waals surface area (Å²) >= 11 is 0. The third-order valence-electron chi connectivity index (χ3n) is 2.92. The Morgan fingerprint density at radius 2 is 2.05 bits per heavy atom. The molecular weight excluding hydrogens is 258 g/mol. The van der Waals surface area contributed by atoms with Crippen molar-refractivity contribution in [3.63, 3.8) is 0 Å². The number of carbonyl (C=O) groups is 1. The zero-order valence-electron chi connectivity index (χ0n) is 10.2. The van der Waals surface area contributed by atoms with E-state index in [0.29, 0.717) is 5.69 Å². The van der Waals surface area contributed by atoms with E-state index in [2.05, 4.69) is 10.1 Å². The van der Waals surface area contributed by atoms with Gasteiger partial charge in [0.2, 0.25) is 11.1 Å². The number of rotatable bonds is 2. The Labute approximate surface area is 112 Å². The van der Waals surface area contributed by atoms with Crippen molar-refractivity contribution < 1.29 is 9.90 Å². The summed E-state index contributed by atoms with van der Waals surface area (Å²) in [6, 6.07) is 8.57. The average Bonchev–Trinajstić information content (AvgIpc) is 2.47. The summed E-state index contributed by atoms with van der Waals surface area (Å²) in [5.74, 6) is -1.34. The van der Waals surface area contributed by atoms with Crippen LogP contribution in [0.5, 0.6) is 0 Å². The number of nitrogens with zero attached hydrogens (tertiary/aromatic N) is 3. The molecule has 1 aromatic carbocycles. The topological polar surface area (TPSA) is 85.1 Å². The van der Waals surface area contributed by atoms with Gasteiger partial charge in [-0.1, -0.05) is 12.1 Å². The van der Waals surface area contributed by atoms with E-state index in [0.717, 1.165) is 10.8 Å². The molecule has 0 atom stereocenters. The maximum atomic E-state index is 11.4. The van der Waals surface area contributed by atoms with E-state index in [4.69, 9.17) is 5.11 Å². The van der Waals surface area contributed by atoms with Gasteiger partial charge in [0.1, 0.15) is 0 Å². The molecule has 0 unspecified atom stereocenters. The Balaban J connectivity index is 2.29. The molecule has 3 aromatic rings. The SMILES string of the molecule is O=C(O)c1nn(-c2cccc3ccncc23)ccc1=O. The number of aromatic carboxylic acids is 1. The second-order valence-electron chi connectivity index (χ2n) is 4.15. The summed E-state index contributed by atoms with van der Waals surface area (Å²) in [5, 5.41) is 14.6. The van der Waals surface area contributed by atoms with Crippen LogP contribution < -0.4 is 5.43 Å². The van der Waals surface area contributed by atoms with Gasteiger partial charge in [0, 0.05) is 30.0 Å². The molecule has 6 heteroatoms. The van der Waals surface area contributed by atoms with Crippen molar-refractivity contribution >= 4 is 16.7 Å². The molecule has 0 aliphatic heterocycles. The first-order valence-electron chi connectivity index (χ1n) is 5.83. The Kier molecular flexibility index (Phi) is 2.76. The van der Waals surface area contributed by atoms with Crippen molar-refractivity contribution in [3.05, 3.63) is 64.8 Å². The number of hydrogen-bond acceptors (Lipinski definition) is 4. The van der Waals surface area contributed by atoms with Crippen LogP contribution in [0.4, 0.5) is 0 Å². The number of benzene rings is 1. The third kappa shape index (κ3) is 1.93. The lowest BCUT2D eigenvalue weighted by molar-refractivity contribution is 0.0687. The first kappa shape index (κ1) is 12.0. The fourth-order valence-corrected chi connectivity index (χ4v) is 1.99. The molecule has 0 radical (unpaired) electrons. The van der Waals surface area contributed by atoms with Crippen LogP contribution >= 0.6 is 0 Å². The monoisotopic (exact) mass is 267 g/mol. The molecule has 20 heavy (non-hydrogen) atoms. The van der Waals surface area contributed by atoms with Crippen molar-refractivity contribution in [1.82, 2.24) is 14.8 Å². The minimum absolute atomic E-state index is 0.506. The second-order valence-corrected chi connectivity index (χ2v) is 4.15. The van der Waals surface area contributed by atoms with Gasteiger partial charge in [-0.25, -0.2) is 9.48 Å². The Morgan fingerprint density at radius 3 is 2.85 bits per heavy atom. The van der Waals surface area contributed by atoms with Gasteiger partial charge in [-0.15, -0.1) is 0 Å². The van der Waals surface area contributed by atoms with Crippen LogP contribution in [0.3, 0.4) is 0 Å². The maximum absolute atomic E-state index is 11.4. The van der Waals surface area contributed by atoms with Gasteiger partial charge in [-0.2, -0.15) is 5.10 Å². The quantitative estimate of drug-likeness (QED) is 0.760. The van der Waals surface area contributed by atoms with Crippen molar-refractivity contribution in [2.24, 2.45) is 0 Å². The average molecular weight is 267 g/mol. The fourth-order valence-electron chi connectivity index (χ4n) is 1.99. The van der Waals surface area contributed by atoms with Crippen molar-refractivity contribution in [2.45, 2.75) is 0 Å². The first-order chi connectivity index (χ1) is 9.66. The predicted molar refractivity (Wildman–Crippen MR) is 72.1 cm³/mol. The lowest BCUT2D eigenvalue weighted by Gasteiger charge is -2.08.